The highest BCUT2D eigenvalue weighted by Crippen LogP contribution is 2.61. The van der Waals surface area contributed by atoms with Gasteiger partial charge in [-0.25, -0.2) is 0 Å². The molecule has 0 bridgehead atoms. The summed E-state index contributed by atoms with van der Waals surface area (Å²) in [6.07, 6.45) is 1.64. The molecule has 23 heavy (non-hydrogen) atoms. The quantitative estimate of drug-likeness (QED) is 0.724. The molecule has 0 spiro atoms. The van der Waals surface area contributed by atoms with Crippen LogP contribution < -0.4 is 0 Å². The second-order valence-corrected chi connectivity index (χ2v) is 8.18. The third-order valence-electron chi connectivity index (χ3n) is 6.68. The number of benzene rings is 1. The Bertz CT molecular complexity index is 803. The van der Waals surface area contributed by atoms with Crippen molar-refractivity contribution in [2.75, 3.05) is 0 Å². The second-order valence-electron chi connectivity index (χ2n) is 8.18. The van der Waals surface area contributed by atoms with Crippen molar-refractivity contribution < 1.29 is 0 Å². The molecule has 1 aliphatic rings. The Morgan fingerprint density at radius 2 is 1.52 bits per heavy atom. The Morgan fingerprint density at radius 1 is 0.870 bits per heavy atom. The maximum absolute atomic E-state index is 8.92. The molecule has 0 N–H and O–H groups in total. The van der Waals surface area contributed by atoms with Gasteiger partial charge in [0, 0.05) is 11.8 Å². The van der Waals surface area contributed by atoms with Gasteiger partial charge in [-0.3, -0.25) is 4.98 Å². The minimum absolute atomic E-state index is 0.0917. The summed E-state index contributed by atoms with van der Waals surface area (Å²) in [5.74, 6) is 0. The number of pyridine rings is 1. The first-order chi connectivity index (χ1) is 10.6. The lowest BCUT2D eigenvalue weighted by molar-refractivity contribution is 0.125. The first-order valence-electron chi connectivity index (χ1n) is 8.14. The zero-order valence-electron chi connectivity index (χ0n) is 14.9. The van der Waals surface area contributed by atoms with Crippen LogP contribution in [0.5, 0.6) is 0 Å². The average molecular weight is 304 g/mol. The first-order valence-corrected chi connectivity index (χ1v) is 8.14. The van der Waals surface area contributed by atoms with Gasteiger partial charge in [0.2, 0.25) is 0 Å². The van der Waals surface area contributed by atoms with Crippen LogP contribution in [0, 0.1) is 16.7 Å². The normalized spacial score (nSPS) is 19.9. The minimum Gasteiger partial charge on any atom is -0.255 e. The lowest BCUT2D eigenvalue weighted by Crippen LogP contribution is -2.42. The molecule has 0 saturated heterocycles. The van der Waals surface area contributed by atoms with E-state index >= 15 is 0 Å². The summed E-state index contributed by atoms with van der Waals surface area (Å²) in [6.45, 7) is 14.1. The topological polar surface area (TPSA) is 36.7 Å². The molecule has 1 aromatic heterocycles. The summed E-state index contributed by atoms with van der Waals surface area (Å²) in [5, 5.41) is 8.92. The summed E-state index contributed by atoms with van der Waals surface area (Å²) < 4.78 is 0. The number of aromatic nitrogens is 1. The van der Waals surface area contributed by atoms with Gasteiger partial charge in [-0.05, 0) is 45.6 Å². The Labute approximate surface area is 139 Å². The highest BCUT2D eigenvalue weighted by atomic mass is 14.7. The Balaban J connectivity index is 2.16. The van der Waals surface area contributed by atoms with Crippen LogP contribution >= 0.6 is 0 Å². The second kappa shape index (κ2) is 4.68. The summed E-state index contributed by atoms with van der Waals surface area (Å²) >= 11 is 0. The van der Waals surface area contributed by atoms with Crippen molar-refractivity contribution in [3.8, 4) is 17.3 Å². The Kier molecular flexibility index (Phi) is 3.20. The molecular formula is C21H24N2. The number of nitriles is 1. The van der Waals surface area contributed by atoms with E-state index in [0.29, 0.717) is 5.56 Å². The first kappa shape index (κ1) is 15.7. The molecule has 0 fully saturated rings. The standard InChI is InChI=1S/C21H24N2/c1-19(2)16-9-8-15(18-10-7-14(12-22)13-23-18)11-17(16)20(3,4)21(19,5)6/h7-11,13H,1-6H3. The molecule has 0 unspecified atom stereocenters. The highest BCUT2D eigenvalue weighted by molar-refractivity contribution is 5.64. The molecule has 0 radical (unpaired) electrons. The van der Waals surface area contributed by atoms with Crippen molar-refractivity contribution in [2.45, 2.75) is 52.4 Å². The molecule has 0 atom stereocenters. The van der Waals surface area contributed by atoms with Gasteiger partial charge in [0.25, 0.3) is 0 Å². The van der Waals surface area contributed by atoms with E-state index in [2.05, 4.69) is 70.8 Å². The molecule has 2 aromatic rings. The third kappa shape index (κ3) is 1.96. The van der Waals surface area contributed by atoms with Crippen LogP contribution in [-0.4, -0.2) is 4.98 Å². The van der Waals surface area contributed by atoms with E-state index in [1.54, 1.807) is 6.20 Å². The van der Waals surface area contributed by atoms with Crippen molar-refractivity contribution in [1.29, 1.82) is 5.26 Å². The van der Waals surface area contributed by atoms with Crippen molar-refractivity contribution in [3.63, 3.8) is 0 Å². The number of nitrogens with zero attached hydrogens (tertiary/aromatic N) is 2. The summed E-state index contributed by atoms with van der Waals surface area (Å²) in [5.41, 5.74) is 5.87. The van der Waals surface area contributed by atoms with Crippen LogP contribution in [0.25, 0.3) is 11.3 Å². The molecule has 0 saturated carbocycles. The fourth-order valence-corrected chi connectivity index (χ4v) is 3.85. The Morgan fingerprint density at radius 3 is 2.09 bits per heavy atom. The van der Waals surface area contributed by atoms with Gasteiger partial charge < -0.3 is 0 Å². The molecule has 0 amide bonds. The zero-order chi connectivity index (χ0) is 17.0. The van der Waals surface area contributed by atoms with Crippen LogP contribution in [0.2, 0.25) is 0 Å². The van der Waals surface area contributed by atoms with E-state index in [1.165, 1.54) is 11.1 Å². The van der Waals surface area contributed by atoms with Gasteiger partial charge in [0.1, 0.15) is 6.07 Å². The molecule has 1 aliphatic carbocycles. The molecule has 3 rings (SSSR count). The summed E-state index contributed by atoms with van der Waals surface area (Å²) in [4.78, 5) is 4.44. The summed E-state index contributed by atoms with van der Waals surface area (Å²) in [6, 6.07) is 12.6. The molecule has 1 aromatic carbocycles. The van der Waals surface area contributed by atoms with Gasteiger partial charge in [-0.2, -0.15) is 5.26 Å². The van der Waals surface area contributed by atoms with Crippen LogP contribution in [0.15, 0.2) is 36.5 Å². The zero-order valence-corrected chi connectivity index (χ0v) is 14.9. The number of hydrogen-bond donors (Lipinski definition) is 0. The van der Waals surface area contributed by atoms with Gasteiger partial charge in [0.15, 0.2) is 0 Å². The van der Waals surface area contributed by atoms with Crippen molar-refractivity contribution >= 4 is 0 Å². The fraction of sp³-hybridized carbons (Fsp3) is 0.429. The summed E-state index contributed by atoms with van der Waals surface area (Å²) in [7, 11) is 0. The number of rotatable bonds is 1. The van der Waals surface area contributed by atoms with Crippen LogP contribution in [0.3, 0.4) is 0 Å². The van der Waals surface area contributed by atoms with Crippen LogP contribution in [0.4, 0.5) is 0 Å². The van der Waals surface area contributed by atoms with Crippen LogP contribution in [-0.2, 0) is 10.8 Å². The number of fused-ring (bicyclic) bond motifs is 1. The predicted octanol–water partition coefficient (Wildman–Crippen LogP) is 5.22. The lowest BCUT2D eigenvalue weighted by Gasteiger charge is -2.44. The van der Waals surface area contributed by atoms with E-state index in [-0.39, 0.29) is 16.2 Å². The van der Waals surface area contributed by atoms with Crippen molar-refractivity contribution in [3.05, 3.63) is 53.2 Å². The SMILES string of the molecule is CC1(C)c2ccc(-c3ccc(C#N)cn3)cc2C(C)(C)C1(C)C. The van der Waals surface area contributed by atoms with Crippen molar-refractivity contribution in [1.82, 2.24) is 4.98 Å². The molecule has 2 heteroatoms. The van der Waals surface area contributed by atoms with Gasteiger partial charge in [-0.1, -0.05) is 53.7 Å². The maximum atomic E-state index is 8.92. The van der Waals surface area contributed by atoms with E-state index in [1.807, 2.05) is 12.1 Å². The molecule has 118 valence electrons. The van der Waals surface area contributed by atoms with E-state index in [4.69, 9.17) is 5.26 Å². The lowest BCUT2D eigenvalue weighted by atomic mass is 9.59. The monoisotopic (exact) mass is 304 g/mol. The molecule has 1 heterocycles. The fourth-order valence-electron chi connectivity index (χ4n) is 3.85. The van der Waals surface area contributed by atoms with Gasteiger partial charge in [0.05, 0.1) is 11.3 Å². The smallest absolute Gasteiger partial charge is 0.101 e. The van der Waals surface area contributed by atoms with E-state index in [0.717, 1.165) is 11.3 Å². The van der Waals surface area contributed by atoms with E-state index in [9.17, 15) is 0 Å². The van der Waals surface area contributed by atoms with Crippen molar-refractivity contribution in [2.24, 2.45) is 5.41 Å². The average Bonchev–Trinajstić information content (AvgIpc) is 2.63. The minimum atomic E-state index is 0.0917. The molecule has 0 aliphatic heterocycles. The maximum Gasteiger partial charge on any atom is 0.101 e. The molecule has 2 nitrogen and oxygen atoms in total. The number of hydrogen-bond acceptors (Lipinski definition) is 2. The van der Waals surface area contributed by atoms with Gasteiger partial charge in [-0.15, -0.1) is 0 Å². The Hall–Kier alpha value is -2.14. The van der Waals surface area contributed by atoms with E-state index < -0.39 is 0 Å². The van der Waals surface area contributed by atoms with Crippen LogP contribution in [0.1, 0.15) is 58.2 Å². The predicted molar refractivity (Wildman–Crippen MR) is 94.2 cm³/mol. The molecular weight excluding hydrogens is 280 g/mol. The van der Waals surface area contributed by atoms with Gasteiger partial charge >= 0.3 is 0 Å². The third-order valence-corrected chi connectivity index (χ3v) is 6.68. The largest absolute Gasteiger partial charge is 0.255 e. The highest BCUT2D eigenvalue weighted by Gasteiger charge is 2.56.